The van der Waals surface area contributed by atoms with Gasteiger partial charge in [0.1, 0.15) is 0 Å². The second kappa shape index (κ2) is 9.99. The fraction of sp³-hybridized carbons (Fsp3) is 0.222. The molecule has 9 heteroatoms. The van der Waals surface area contributed by atoms with Crippen LogP contribution in [0.3, 0.4) is 0 Å². The molecule has 0 saturated carbocycles. The van der Waals surface area contributed by atoms with Crippen LogP contribution in [0.1, 0.15) is 29.3 Å². The zero-order valence-electron chi connectivity index (χ0n) is 19.8. The molecule has 9 nitrogen and oxygen atoms in total. The first-order valence-electron chi connectivity index (χ1n) is 11.8. The largest absolute Gasteiger partial charge is 0.454 e. The molecule has 1 aromatic heterocycles. The number of amides is 2. The summed E-state index contributed by atoms with van der Waals surface area (Å²) in [6.07, 6.45) is 0.0881. The van der Waals surface area contributed by atoms with Crippen molar-refractivity contribution in [3.8, 4) is 11.5 Å². The Morgan fingerprint density at radius 2 is 1.64 bits per heavy atom. The molecule has 0 fully saturated rings. The highest BCUT2D eigenvalue weighted by Crippen LogP contribution is 2.32. The van der Waals surface area contributed by atoms with E-state index in [2.05, 4.69) is 10.6 Å². The molecular weight excluding hydrogens is 460 g/mol. The van der Waals surface area contributed by atoms with Gasteiger partial charge in [-0.2, -0.15) is 0 Å². The van der Waals surface area contributed by atoms with Crippen LogP contribution < -0.4 is 25.8 Å². The minimum Gasteiger partial charge on any atom is -0.454 e. The van der Waals surface area contributed by atoms with E-state index in [9.17, 15) is 14.4 Å². The van der Waals surface area contributed by atoms with E-state index in [1.807, 2.05) is 43.3 Å². The van der Waals surface area contributed by atoms with Gasteiger partial charge in [0, 0.05) is 26.1 Å². The fourth-order valence-electron chi connectivity index (χ4n) is 4.34. The minimum atomic E-state index is -0.314. The van der Waals surface area contributed by atoms with Crippen molar-refractivity contribution >= 4 is 28.5 Å². The van der Waals surface area contributed by atoms with Gasteiger partial charge < -0.3 is 20.1 Å². The second-order valence-electron chi connectivity index (χ2n) is 8.38. The number of aryl methyl sites for hydroxylation is 2. The second-order valence-corrected chi connectivity index (χ2v) is 8.38. The van der Waals surface area contributed by atoms with Crippen molar-refractivity contribution in [2.45, 2.75) is 33.0 Å². The topological polar surface area (TPSA) is 104 Å². The van der Waals surface area contributed by atoms with Crippen LogP contribution in [0, 0.1) is 0 Å². The molecule has 3 aromatic carbocycles. The van der Waals surface area contributed by atoms with Crippen molar-refractivity contribution < 1.29 is 19.1 Å². The average molecular weight is 487 g/mol. The van der Waals surface area contributed by atoms with Gasteiger partial charge in [-0.3, -0.25) is 18.7 Å². The third kappa shape index (κ3) is 4.55. The van der Waals surface area contributed by atoms with E-state index in [4.69, 9.17) is 9.47 Å². The van der Waals surface area contributed by atoms with Gasteiger partial charge in [-0.1, -0.05) is 30.3 Å². The molecule has 36 heavy (non-hydrogen) atoms. The van der Waals surface area contributed by atoms with E-state index in [0.29, 0.717) is 35.8 Å². The molecule has 2 N–H and O–H groups in total. The Kier molecular flexibility index (Phi) is 6.44. The predicted octanol–water partition coefficient (Wildman–Crippen LogP) is 3.51. The lowest BCUT2D eigenvalue weighted by Crippen LogP contribution is -2.27. The molecule has 1 aliphatic rings. The third-order valence-electron chi connectivity index (χ3n) is 6.14. The number of nitrogens with zero attached hydrogens (tertiary/aromatic N) is 2. The molecule has 0 radical (unpaired) electrons. The van der Waals surface area contributed by atoms with Gasteiger partial charge in [-0.25, -0.2) is 4.79 Å². The standard InChI is InChI=1S/C27H26N4O5/c1-2-30-21-9-5-6-10-22(21)31(27(30)34)14-13-25(32)29-20-8-4-3-7-19(20)26(33)28-16-18-11-12-23-24(15-18)36-17-35-23/h3-12,15H,2,13-14,16-17H2,1H3,(H,28,33)(H,29,32). The molecule has 5 rings (SSSR count). The highest BCUT2D eigenvalue weighted by Gasteiger charge is 2.17. The number of hydrogen-bond acceptors (Lipinski definition) is 5. The Morgan fingerprint density at radius 3 is 2.44 bits per heavy atom. The predicted molar refractivity (Wildman–Crippen MR) is 135 cm³/mol. The number of aromatic nitrogens is 2. The number of carbonyl (C=O) groups is 2. The monoisotopic (exact) mass is 486 g/mol. The lowest BCUT2D eigenvalue weighted by atomic mass is 10.1. The molecule has 0 saturated heterocycles. The smallest absolute Gasteiger partial charge is 0.329 e. The summed E-state index contributed by atoms with van der Waals surface area (Å²) < 4.78 is 14.0. The maximum absolute atomic E-state index is 12.9. The van der Waals surface area contributed by atoms with Crippen LogP contribution in [0.2, 0.25) is 0 Å². The van der Waals surface area contributed by atoms with E-state index < -0.39 is 0 Å². The van der Waals surface area contributed by atoms with Crippen molar-refractivity contribution in [2.75, 3.05) is 12.1 Å². The van der Waals surface area contributed by atoms with Crippen LogP contribution in [0.4, 0.5) is 5.69 Å². The first-order chi connectivity index (χ1) is 17.5. The quantitative estimate of drug-likeness (QED) is 0.397. The zero-order valence-corrected chi connectivity index (χ0v) is 19.8. The van der Waals surface area contributed by atoms with E-state index in [1.54, 1.807) is 39.5 Å². The van der Waals surface area contributed by atoms with Gasteiger partial charge in [0.05, 0.1) is 22.3 Å². The summed E-state index contributed by atoms with van der Waals surface area (Å²) in [5.74, 6) is 0.729. The highest BCUT2D eigenvalue weighted by atomic mass is 16.7. The van der Waals surface area contributed by atoms with E-state index in [1.165, 1.54) is 0 Å². The van der Waals surface area contributed by atoms with Gasteiger partial charge in [-0.05, 0) is 48.9 Å². The van der Waals surface area contributed by atoms with Gasteiger partial charge in [0.25, 0.3) is 5.91 Å². The maximum Gasteiger partial charge on any atom is 0.329 e. The number of rotatable bonds is 8. The van der Waals surface area contributed by atoms with Gasteiger partial charge in [0.2, 0.25) is 12.7 Å². The Labute approximate surface area is 207 Å². The summed E-state index contributed by atoms with van der Waals surface area (Å²) in [4.78, 5) is 38.5. The van der Waals surface area contributed by atoms with Crippen LogP contribution >= 0.6 is 0 Å². The molecule has 1 aliphatic heterocycles. The van der Waals surface area contributed by atoms with E-state index >= 15 is 0 Å². The zero-order chi connectivity index (χ0) is 25.1. The van der Waals surface area contributed by atoms with Gasteiger partial charge in [-0.15, -0.1) is 0 Å². The number of carbonyl (C=O) groups excluding carboxylic acids is 2. The van der Waals surface area contributed by atoms with Crippen LogP contribution in [0.5, 0.6) is 11.5 Å². The van der Waals surface area contributed by atoms with Crippen LogP contribution in [-0.2, 0) is 24.4 Å². The first-order valence-corrected chi connectivity index (χ1v) is 11.8. The third-order valence-corrected chi connectivity index (χ3v) is 6.14. The molecule has 0 spiro atoms. The van der Waals surface area contributed by atoms with E-state index in [-0.39, 0.29) is 37.3 Å². The van der Waals surface area contributed by atoms with E-state index in [0.717, 1.165) is 16.6 Å². The van der Waals surface area contributed by atoms with Crippen molar-refractivity contribution in [1.29, 1.82) is 0 Å². The number of ether oxygens (including phenoxy) is 2. The number of hydrogen-bond donors (Lipinski definition) is 2. The molecule has 2 heterocycles. The first kappa shape index (κ1) is 23.2. The number of fused-ring (bicyclic) bond motifs is 2. The fourth-order valence-corrected chi connectivity index (χ4v) is 4.34. The molecule has 2 amide bonds. The molecule has 0 unspecified atom stereocenters. The Hall–Kier alpha value is -4.53. The number of para-hydroxylation sites is 3. The van der Waals surface area contributed by atoms with Crippen LogP contribution in [-0.4, -0.2) is 27.7 Å². The van der Waals surface area contributed by atoms with Crippen LogP contribution in [0.25, 0.3) is 11.0 Å². The average Bonchev–Trinajstić information content (AvgIpc) is 3.47. The Balaban J connectivity index is 1.24. The van der Waals surface area contributed by atoms with Gasteiger partial charge in [0.15, 0.2) is 11.5 Å². The number of nitrogens with one attached hydrogen (secondary N) is 2. The lowest BCUT2D eigenvalue weighted by molar-refractivity contribution is -0.116. The lowest BCUT2D eigenvalue weighted by Gasteiger charge is -2.12. The summed E-state index contributed by atoms with van der Waals surface area (Å²) in [6.45, 7) is 3.18. The van der Waals surface area contributed by atoms with Crippen LogP contribution in [0.15, 0.2) is 71.5 Å². The molecule has 0 atom stereocenters. The molecule has 4 aromatic rings. The summed E-state index contributed by atoms with van der Waals surface area (Å²) in [5, 5.41) is 5.70. The van der Waals surface area contributed by atoms with Gasteiger partial charge >= 0.3 is 5.69 Å². The number of anilines is 1. The summed E-state index contributed by atoms with van der Waals surface area (Å²) in [7, 11) is 0. The SMILES string of the molecule is CCn1c(=O)n(CCC(=O)Nc2ccccc2C(=O)NCc2ccc3c(c2)OCO3)c2ccccc21. The number of benzene rings is 3. The summed E-state index contributed by atoms with van der Waals surface area (Å²) in [6, 6.07) is 19.9. The Bertz CT molecular complexity index is 1500. The summed E-state index contributed by atoms with van der Waals surface area (Å²) in [5.41, 5.74) is 3.12. The highest BCUT2D eigenvalue weighted by molar-refractivity contribution is 6.03. The molecule has 184 valence electrons. The molecular formula is C27H26N4O5. The Morgan fingerprint density at radius 1 is 0.917 bits per heavy atom. The van der Waals surface area contributed by atoms with Crippen molar-refractivity contribution in [2.24, 2.45) is 0 Å². The van der Waals surface area contributed by atoms with Crippen molar-refractivity contribution in [1.82, 2.24) is 14.5 Å². The molecule has 0 aliphatic carbocycles. The maximum atomic E-state index is 12.9. The number of imidazole rings is 1. The van der Waals surface area contributed by atoms with Crippen molar-refractivity contribution in [3.05, 3.63) is 88.3 Å². The van der Waals surface area contributed by atoms with Crippen molar-refractivity contribution in [3.63, 3.8) is 0 Å². The minimum absolute atomic E-state index is 0.0881. The normalized spacial score (nSPS) is 12.0. The molecule has 0 bridgehead atoms. The summed E-state index contributed by atoms with van der Waals surface area (Å²) >= 11 is 0.